The molecule has 0 spiro atoms. The fourth-order valence-electron chi connectivity index (χ4n) is 10.4. The first kappa shape index (κ1) is 149. The number of hydrogen-bond acceptors (Lipinski definition) is 3. The summed E-state index contributed by atoms with van der Waals surface area (Å²) in [7, 11) is 180. The van der Waals surface area contributed by atoms with Gasteiger partial charge in [0.05, 0.1) is 26.3 Å². The number of carbonyl (C=O) groups is 1. The van der Waals surface area contributed by atoms with Crippen LogP contribution in [0.1, 0.15) is 23.6 Å². The highest BCUT2D eigenvalue weighted by molar-refractivity contribution is 9.36. The molecule has 0 amide bonds. The number of hydrogen-bond donors (Lipinski definition) is 2. The summed E-state index contributed by atoms with van der Waals surface area (Å²) < 4.78 is 5.10. The molecule has 650 valence electrons. The van der Waals surface area contributed by atoms with Crippen LogP contribution in [0.15, 0.2) is 18.2 Å². The number of rotatable bonds is 51. The van der Waals surface area contributed by atoms with Crippen LogP contribution in [-0.4, -0.2) is 67.6 Å². The minimum Gasteiger partial charge on any atom is -0.496 e. The van der Waals surface area contributed by atoms with Crippen molar-refractivity contribution in [2.45, 2.75) is 19.4 Å². The lowest BCUT2D eigenvalue weighted by Crippen LogP contribution is -2.73. The predicted octanol–water partition coefficient (Wildman–Crippen LogP) is 48.6. The molecule has 0 aliphatic heterocycles. The monoisotopic (exact) mass is 3150 g/mol. The molecule has 53 unspecified atom stereocenters. The Labute approximate surface area is 844 Å². The van der Waals surface area contributed by atoms with Gasteiger partial charge in [-0.1, -0.05) is 91.9 Å². The maximum absolute atomic E-state index is 10.5. The first-order valence-corrected chi connectivity index (χ1v) is 183. The molecular formula is C11H114B8NO3P89. The highest BCUT2D eigenvalue weighted by Gasteiger charge is 2.72. The van der Waals surface area contributed by atoms with Crippen LogP contribution < -0.4 is 10.5 Å². The van der Waals surface area contributed by atoms with Crippen molar-refractivity contribution in [2.75, 3.05) is 7.11 Å². The highest BCUT2D eigenvalue weighted by Crippen LogP contribution is 3.30. The lowest BCUT2D eigenvalue weighted by atomic mass is 8.65. The van der Waals surface area contributed by atoms with Gasteiger partial charge in [-0.05, 0) is 227 Å². The quantitative estimate of drug-likeness (QED) is 0.0504. The molecule has 1 aromatic rings. The maximum atomic E-state index is 10.5. The number of carboxylic acids is 1. The van der Waals surface area contributed by atoms with E-state index in [4.69, 9.17) is 15.6 Å². The summed E-state index contributed by atoms with van der Waals surface area (Å²) in [6, 6.07) is 7.97. The van der Waals surface area contributed by atoms with E-state index in [1.165, 1.54) is 0 Å². The van der Waals surface area contributed by atoms with E-state index in [-0.39, 0.29) is 20.4 Å². The average molecular weight is 3150 g/mol. The molecule has 0 bridgehead atoms. The Bertz CT molecular complexity index is 2340. The van der Waals surface area contributed by atoms with Gasteiger partial charge in [-0.2, -0.15) is 0 Å². The van der Waals surface area contributed by atoms with Crippen molar-refractivity contribution in [3.8, 4) is 5.75 Å². The molecule has 0 aliphatic rings. The number of aryl methyl sites for hydroxylation is 1. The van der Waals surface area contributed by atoms with Gasteiger partial charge in [-0.3, -0.25) is 4.79 Å². The topological polar surface area (TPSA) is 72.5 Å². The first-order valence-electron chi connectivity index (χ1n) is 28.3. The van der Waals surface area contributed by atoms with Crippen molar-refractivity contribution >= 4 is 775 Å². The zero-order valence-corrected chi connectivity index (χ0v) is 152. The molecule has 4 nitrogen and oxygen atoms in total. The van der Waals surface area contributed by atoms with E-state index in [0.29, 0.717) is 49.4 Å². The summed E-state index contributed by atoms with van der Waals surface area (Å²) >= 11 is 0. The van der Waals surface area contributed by atoms with Crippen molar-refractivity contribution in [2.24, 2.45) is 5.73 Å². The SMILES string of the molecule is COc1ccc(C(N)CC(=O)O)cc1C.PPP(P(P)P)P(B(B(B(B(B(P(P(P)P)P(P)P)P(P(P)P)P(P)P)B(P(P(P)P)P(P)P)P(P(P)P)P(P)P)B(P(P(P(P)P)P(P)P)P(P(P)P)P(P)P)P(P(P(P)P)P(P)P)P(P(P)P)P(P)P)B(P(P(P)P)P(P)P)P(P(P)P)P(P)P)P(P(P)P)P(P)P)P(P)P. The fourth-order valence-corrected chi connectivity index (χ4v) is 737. The van der Waals surface area contributed by atoms with E-state index in [0.717, 1.165) is 24.8 Å². The lowest BCUT2D eigenvalue weighted by Gasteiger charge is -2.60. The molecule has 0 radical (unpaired) electrons. The van der Waals surface area contributed by atoms with Crippen LogP contribution in [0.3, 0.4) is 0 Å². The molecule has 0 heterocycles. The van der Waals surface area contributed by atoms with E-state index < -0.39 is 272 Å². The van der Waals surface area contributed by atoms with Crippen LogP contribution in [0.4, 0.5) is 0 Å². The summed E-state index contributed by atoms with van der Waals surface area (Å²) in [4.78, 5) is 10.5. The van der Waals surface area contributed by atoms with Gasteiger partial charge in [0, 0.05) is 12.4 Å². The highest BCUT2D eigenvalue weighted by atomic mass is 33.3. The third-order valence-electron chi connectivity index (χ3n) is 13.7. The third kappa shape index (κ3) is 51.9. The Hall–Kier alpha value is 37.2. The second kappa shape index (κ2) is 81.0. The maximum Gasteiger partial charge on any atom is 0.305 e. The number of carboxylic acid groups (broad SMARTS) is 1. The number of methoxy groups -OCH3 is 1. The van der Waals surface area contributed by atoms with Gasteiger partial charge < -0.3 is 15.6 Å². The van der Waals surface area contributed by atoms with Crippen LogP contribution in [0, 0.1) is 6.92 Å². The molecule has 0 fully saturated rings. The number of benzene rings is 1. The first-order chi connectivity index (χ1) is 51.2. The molecule has 112 heavy (non-hydrogen) atoms. The third-order valence-corrected chi connectivity index (χ3v) is 435. The smallest absolute Gasteiger partial charge is 0.305 e. The predicted molar refractivity (Wildman–Crippen MR) is 857 cm³/mol. The molecule has 1 aromatic carbocycles. The van der Waals surface area contributed by atoms with Crippen molar-refractivity contribution < 1.29 is 14.6 Å². The molecule has 0 aromatic heterocycles. The zero-order chi connectivity index (χ0) is 88.3. The Morgan fingerprint density at radius 2 is 0.527 bits per heavy atom. The van der Waals surface area contributed by atoms with Crippen LogP contribution >= 0.6 is 720 Å². The Kier molecular flexibility index (Phi) is 108. The molecule has 0 saturated heterocycles. The molecule has 0 aliphatic carbocycles. The van der Waals surface area contributed by atoms with E-state index in [1.807, 2.05) is 13.0 Å². The Balaban J connectivity index is 0.00000728. The van der Waals surface area contributed by atoms with Crippen LogP contribution in [0.2, 0.25) is 0 Å². The molecular weight excluding hydrogens is 3040 g/mol. The van der Waals surface area contributed by atoms with E-state index in [1.54, 1.807) is 19.2 Å². The Morgan fingerprint density at radius 1 is 0.330 bits per heavy atom. The summed E-state index contributed by atoms with van der Waals surface area (Å²) in [6.45, 7) is -12.4. The van der Waals surface area contributed by atoms with Gasteiger partial charge in [-0.15, -0.1) is 437 Å². The number of aliphatic carboxylic acids is 1. The standard InChI is InChI=1S/C11H15NO3.B8H99P89/c1-7-5-8(3-4-10(7)15-2)9(12)6-11(13)14;9-58-93(84(40)41)66(83(38)39)8(65(81(34)35)82(36)37)3(7(63(77(26)27)78(28)29)64(79(30)31)80(32)33)1(2(5(59(69(10)11)70(12)13)60(71(14)15)72(16)17)6(61(73(18)19)74(20)21)62(75(22)23)76(24)25)4(67(94(85(42)43)86(44)45)95(87(46)47)88(48)49)68(96(89(50)51)90(52)53)97(91(54)55)92(56)57/h3-5,9H,6,12H2,1-2H3,(H,13,14);58H,9-57H2. The largest absolute Gasteiger partial charge is 0.496 e. The minimum absolute atomic E-state index is 0.0637. The van der Waals surface area contributed by atoms with E-state index in [9.17, 15) is 4.79 Å². The van der Waals surface area contributed by atoms with Gasteiger partial charge in [0.25, 0.3) is 0 Å². The normalized spacial score (nSPS) is 14.3. The molecule has 1 rings (SSSR count). The second-order valence-corrected chi connectivity index (χ2v) is 346. The van der Waals surface area contributed by atoms with Crippen molar-refractivity contribution in [1.29, 1.82) is 0 Å². The van der Waals surface area contributed by atoms with Crippen molar-refractivity contribution in [1.82, 2.24) is 0 Å². The average Bonchev–Trinajstić information content (AvgIpc) is 0.708. The van der Waals surface area contributed by atoms with Crippen LogP contribution in [0.25, 0.3) is 0 Å². The molecule has 101 heteroatoms. The van der Waals surface area contributed by atoms with E-state index >= 15 is 0 Å². The fraction of sp³-hybridized carbons (Fsp3) is 0.364. The second-order valence-electron chi connectivity index (χ2n) is 21.0. The summed E-state index contributed by atoms with van der Waals surface area (Å²) in [6.07, 6.45) is 1.47. The molecule has 3 N–H and O–H groups in total. The van der Waals surface area contributed by atoms with Gasteiger partial charge >= 0.3 is 5.97 Å². The van der Waals surface area contributed by atoms with Crippen LogP contribution in [0.5, 0.6) is 5.75 Å². The molecule has 53 atom stereocenters. The summed E-state index contributed by atoms with van der Waals surface area (Å²) in [5, 5.41) is 8.61. The lowest BCUT2D eigenvalue weighted by molar-refractivity contribution is -0.137. The summed E-state index contributed by atoms with van der Waals surface area (Å²) in [5.41, 5.74) is 7.50. The van der Waals surface area contributed by atoms with Gasteiger partial charge in [0.15, 0.2) is 30.2 Å². The minimum atomic E-state index is -0.893. The van der Waals surface area contributed by atoms with Gasteiger partial charge in [-0.25, -0.2) is 0 Å². The zero-order valence-electron chi connectivity index (χ0n) is 59.7. The molecule has 0 saturated carbocycles. The van der Waals surface area contributed by atoms with Crippen molar-refractivity contribution in [3.63, 3.8) is 0 Å². The van der Waals surface area contributed by atoms with Crippen LogP contribution in [-0.2, 0) is 4.79 Å². The van der Waals surface area contributed by atoms with Crippen molar-refractivity contribution in [3.05, 3.63) is 29.3 Å². The van der Waals surface area contributed by atoms with Gasteiger partial charge in [0.1, 0.15) is 5.75 Å². The Morgan fingerprint density at radius 3 is 0.679 bits per heavy atom. The summed E-state index contributed by atoms with van der Waals surface area (Å²) in [5.74, 6) is -0.114. The number of ether oxygens (including phenoxy) is 1. The number of nitrogens with two attached hydrogens (primary N) is 1. The van der Waals surface area contributed by atoms with Gasteiger partial charge in [0.2, 0.25) is 0 Å². The van der Waals surface area contributed by atoms with E-state index in [2.05, 4.69) is 437 Å².